The average molecular weight is 317 g/mol. The summed E-state index contributed by atoms with van der Waals surface area (Å²) in [5.74, 6) is 0.101. The van der Waals surface area contributed by atoms with E-state index in [4.69, 9.17) is 0 Å². The predicted octanol–water partition coefficient (Wildman–Crippen LogP) is 3.01. The Morgan fingerprint density at radius 3 is 2.45 bits per heavy atom. The van der Waals surface area contributed by atoms with Gasteiger partial charge < -0.3 is 10.6 Å². The highest BCUT2D eigenvalue weighted by Crippen LogP contribution is 2.23. The Morgan fingerprint density at radius 1 is 1.20 bits per heavy atom. The summed E-state index contributed by atoms with van der Waals surface area (Å²) < 4.78 is 0. The molecule has 0 heterocycles. The largest absolute Gasteiger partial charge is 0.354 e. The number of hydrogen-bond donors (Lipinski definition) is 2. The SMILES string of the molecule is CCCNCCNC(=O)C(C)Sc1ccc(C)cc1.Cl. The lowest BCUT2D eigenvalue weighted by Gasteiger charge is -2.12. The van der Waals surface area contributed by atoms with Crippen LogP contribution in [-0.2, 0) is 4.79 Å². The van der Waals surface area contributed by atoms with Crippen LogP contribution < -0.4 is 10.6 Å². The van der Waals surface area contributed by atoms with E-state index in [0.717, 1.165) is 24.4 Å². The lowest BCUT2D eigenvalue weighted by molar-refractivity contribution is -0.120. The van der Waals surface area contributed by atoms with Crippen LogP contribution in [0, 0.1) is 6.92 Å². The van der Waals surface area contributed by atoms with Crippen molar-refractivity contribution in [1.82, 2.24) is 10.6 Å². The van der Waals surface area contributed by atoms with Gasteiger partial charge in [0.05, 0.1) is 5.25 Å². The van der Waals surface area contributed by atoms with Crippen LogP contribution in [-0.4, -0.2) is 30.8 Å². The van der Waals surface area contributed by atoms with Gasteiger partial charge >= 0.3 is 0 Å². The zero-order chi connectivity index (χ0) is 14.1. The number of carbonyl (C=O) groups is 1. The number of rotatable bonds is 8. The quantitative estimate of drug-likeness (QED) is 0.572. The fourth-order valence-corrected chi connectivity index (χ4v) is 2.49. The van der Waals surface area contributed by atoms with E-state index in [9.17, 15) is 4.79 Å². The maximum atomic E-state index is 11.9. The monoisotopic (exact) mass is 316 g/mol. The fraction of sp³-hybridized carbons (Fsp3) is 0.533. The van der Waals surface area contributed by atoms with Gasteiger partial charge in [-0.15, -0.1) is 24.2 Å². The highest BCUT2D eigenvalue weighted by Gasteiger charge is 2.13. The molecule has 0 aliphatic carbocycles. The number of carbonyl (C=O) groups excluding carboxylic acids is 1. The number of halogens is 1. The van der Waals surface area contributed by atoms with E-state index in [1.165, 1.54) is 5.56 Å². The summed E-state index contributed by atoms with van der Waals surface area (Å²) in [7, 11) is 0. The van der Waals surface area contributed by atoms with Gasteiger partial charge in [-0.25, -0.2) is 0 Å². The first kappa shape index (κ1) is 19.3. The van der Waals surface area contributed by atoms with E-state index in [1.807, 2.05) is 6.92 Å². The second-order valence-electron chi connectivity index (χ2n) is 4.61. The third-order valence-corrected chi connectivity index (χ3v) is 3.84. The lowest BCUT2D eigenvalue weighted by atomic mass is 10.2. The molecule has 2 N–H and O–H groups in total. The van der Waals surface area contributed by atoms with Crippen molar-refractivity contribution in [2.75, 3.05) is 19.6 Å². The Kier molecular flexibility index (Phi) is 10.6. The molecule has 114 valence electrons. The third kappa shape index (κ3) is 7.78. The van der Waals surface area contributed by atoms with Gasteiger partial charge in [0.15, 0.2) is 0 Å². The molecule has 0 saturated heterocycles. The average Bonchev–Trinajstić information content (AvgIpc) is 2.41. The molecule has 20 heavy (non-hydrogen) atoms. The van der Waals surface area contributed by atoms with E-state index in [-0.39, 0.29) is 23.6 Å². The van der Waals surface area contributed by atoms with Crippen LogP contribution >= 0.6 is 24.2 Å². The maximum absolute atomic E-state index is 11.9. The van der Waals surface area contributed by atoms with Crippen molar-refractivity contribution < 1.29 is 4.79 Å². The van der Waals surface area contributed by atoms with E-state index in [1.54, 1.807) is 11.8 Å². The van der Waals surface area contributed by atoms with Crippen molar-refractivity contribution in [1.29, 1.82) is 0 Å². The minimum absolute atomic E-state index is 0. The molecule has 5 heteroatoms. The van der Waals surface area contributed by atoms with Gasteiger partial charge in [-0.3, -0.25) is 4.79 Å². The smallest absolute Gasteiger partial charge is 0.233 e. The molecule has 1 aromatic rings. The number of hydrogen-bond acceptors (Lipinski definition) is 3. The number of aryl methyl sites for hydroxylation is 1. The highest BCUT2D eigenvalue weighted by atomic mass is 35.5. The summed E-state index contributed by atoms with van der Waals surface area (Å²) in [5, 5.41) is 6.15. The van der Waals surface area contributed by atoms with Crippen molar-refractivity contribution in [2.24, 2.45) is 0 Å². The van der Waals surface area contributed by atoms with Gasteiger partial charge in [-0.2, -0.15) is 0 Å². The van der Waals surface area contributed by atoms with Gasteiger partial charge in [0.25, 0.3) is 0 Å². The molecule has 1 rings (SSSR count). The van der Waals surface area contributed by atoms with E-state index in [2.05, 4.69) is 48.7 Å². The molecule has 0 aliphatic rings. The van der Waals surface area contributed by atoms with Gasteiger partial charge in [0.2, 0.25) is 5.91 Å². The van der Waals surface area contributed by atoms with Crippen molar-refractivity contribution >= 4 is 30.1 Å². The molecule has 0 fully saturated rings. The van der Waals surface area contributed by atoms with Crippen LogP contribution in [0.25, 0.3) is 0 Å². The second-order valence-corrected chi connectivity index (χ2v) is 6.03. The molecule has 1 atom stereocenters. The molecule has 0 spiro atoms. The topological polar surface area (TPSA) is 41.1 Å². The second kappa shape index (κ2) is 11.0. The minimum atomic E-state index is -0.0612. The lowest BCUT2D eigenvalue weighted by Crippen LogP contribution is -2.36. The van der Waals surface area contributed by atoms with Gasteiger partial charge in [0.1, 0.15) is 0 Å². The predicted molar refractivity (Wildman–Crippen MR) is 89.9 cm³/mol. The summed E-state index contributed by atoms with van der Waals surface area (Å²) in [6.45, 7) is 8.67. The number of nitrogens with one attached hydrogen (secondary N) is 2. The van der Waals surface area contributed by atoms with Crippen LogP contribution in [0.1, 0.15) is 25.8 Å². The van der Waals surface area contributed by atoms with Crippen LogP contribution in [0.4, 0.5) is 0 Å². The van der Waals surface area contributed by atoms with E-state index in [0.29, 0.717) is 6.54 Å². The summed E-state index contributed by atoms with van der Waals surface area (Å²) in [6, 6.07) is 8.27. The fourth-order valence-electron chi connectivity index (χ4n) is 1.59. The van der Waals surface area contributed by atoms with E-state index >= 15 is 0 Å². The molecule has 1 unspecified atom stereocenters. The summed E-state index contributed by atoms with van der Waals surface area (Å²) in [6.07, 6.45) is 1.12. The van der Waals surface area contributed by atoms with Crippen molar-refractivity contribution in [3.8, 4) is 0 Å². The standard InChI is InChI=1S/C15H24N2OS.ClH/c1-4-9-16-10-11-17-15(18)13(3)19-14-7-5-12(2)6-8-14;/h5-8,13,16H,4,9-11H2,1-3H3,(H,17,18);1H. The first-order chi connectivity index (χ1) is 9.13. The normalized spacial score (nSPS) is 11.6. The zero-order valence-corrected chi connectivity index (χ0v) is 14.1. The summed E-state index contributed by atoms with van der Waals surface area (Å²) in [4.78, 5) is 13.0. The third-order valence-electron chi connectivity index (χ3n) is 2.73. The number of benzene rings is 1. The zero-order valence-electron chi connectivity index (χ0n) is 12.4. The van der Waals surface area contributed by atoms with Crippen molar-refractivity contribution in [3.63, 3.8) is 0 Å². The first-order valence-corrected chi connectivity index (χ1v) is 7.73. The van der Waals surface area contributed by atoms with Gasteiger partial charge in [-0.1, -0.05) is 24.6 Å². The molecule has 1 aromatic carbocycles. The minimum Gasteiger partial charge on any atom is -0.354 e. The van der Waals surface area contributed by atoms with E-state index < -0.39 is 0 Å². The highest BCUT2D eigenvalue weighted by molar-refractivity contribution is 8.00. The molecule has 0 saturated carbocycles. The number of thioether (sulfide) groups is 1. The first-order valence-electron chi connectivity index (χ1n) is 6.85. The molecular weight excluding hydrogens is 292 g/mol. The molecule has 3 nitrogen and oxygen atoms in total. The Labute approximate surface area is 132 Å². The molecular formula is C15H25ClN2OS. The molecule has 0 bridgehead atoms. The van der Waals surface area contributed by atoms with Gasteiger partial charge in [-0.05, 0) is 38.9 Å². The van der Waals surface area contributed by atoms with Gasteiger partial charge in [0, 0.05) is 18.0 Å². The molecule has 1 amide bonds. The van der Waals surface area contributed by atoms with Crippen molar-refractivity contribution in [3.05, 3.63) is 29.8 Å². The Bertz CT molecular complexity index is 384. The molecule has 0 radical (unpaired) electrons. The van der Waals surface area contributed by atoms with Crippen LogP contribution in [0.2, 0.25) is 0 Å². The summed E-state index contributed by atoms with van der Waals surface area (Å²) in [5.41, 5.74) is 1.24. The Morgan fingerprint density at radius 2 is 1.85 bits per heavy atom. The van der Waals surface area contributed by atoms with Crippen molar-refractivity contribution in [2.45, 2.75) is 37.3 Å². The van der Waals surface area contributed by atoms with Crippen LogP contribution in [0.5, 0.6) is 0 Å². The molecule has 0 aromatic heterocycles. The van der Waals surface area contributed by atoms with Crippen LogP contribution in [0.15, 0.2) is 29.2 Å². The summed E-state index contributed by atoms with van der Waals surface area (Å²) >= 11 is 1.60. The van der Waals surface area contributed by atoms with Crippen LogP contribution in [0.3, 0.4) is 0 Å². The Balaban J connectivity index is 0.00000361. The Hall–Kier alpha value is -0.710. The maximum Gasteiger partial charge on any atom is 0.233 e. The number of amides is 1. The molecule has 0 aliphatic heterocycles.